The van der Waals surface area contributed by atoms with E-state index >= 15 is 0 Å². The first-order valence-corrected chi connectivity index (χ1v) is 11.2. The highest BCUT2D eigenvalue weighted by Crippen LogP contribution is 2.30. The van der Waals surface area contributed by atoms with Crippen molar-refractivity contribution < 1.29 is 9.59 Å². The summed E-state index contributed by atoms with van der Waals surface area (Å²) >= 11 is 7.40. The fraction of sp³-hybridized carbons (Fsp3) is 0.130. The zero-order valence-electron chi connectivity index (χ0n) is 16.3. The number of rotatable bonds is 6. The summed E-state index contributed by atoms with van der Waals surface area (Å²) in [6.07, 6.45) is 0.644. The van der Waals surface area contributed by atoms with Crippen LogP contribution in [0.4, 0.5) is 0 Å². The molecule has 8 heteroatoms. The normalized spacial score (nSPS) is 13.3. The fourth-order valence-electron chi connectivity index (χ4n) is 3.72. The molecule has 0 bridgehead atoms. The Hall–Kier alpha value is -3.16. The number of nitrogens with one attached hydrogen (secondary N) is 1. The Morgan fingerprint density at radius 3 is 2.29 bits per heavy atom. The summed E-state index contributed by atoms with van der Waals surface area (Å²) in [6.45, 7) is 0.351. The van der Waals surface area contributed by atoms with Crippen molar-refractivity contribution in [1.82, 2.24) is 20.1 Å². The molecule has 1 aliphatic heterocycles. The van der Waals surface area contributed by atoms with Crippen molar-refractivity contribution in [2.45, 2.75) is 11.6 Å². The van der Waals surface area contributed by atoms with Gasteiger partial charge >= 0.3 is 0 Å². The number of aromatic amines is 1. The number of aromatic nitrogens is 3. The highest BCUT2D eigenvalue weighted by Gasteiger charge is 2.32. The maximum absolute atomic E-state index is 12.9. The Bertz CT molecular complexity index is 1250. The van der Waals surface area contributed by atoms with Gasteiger partial charge in [0.05, 0.1) is 0 Å². The second-order valence-electron chi connectivity index (χ2n) is 7.15. The Kier molecular flexibility index (Phi) is 5.21. The molecule has 2 heterocycles. The monoisotopic (exact) mass is 448 g/mol. The van der Waals surface area contributed by atoms with Crippen LogP contribution in [0.15, 0.2) is 65.8 Å². The third-order valence-corrected chi connectivity index (χ3v) is 6.38. The van der Waals surface area contributed by atoms with Crippen LogP contribution < -0.4 is 0 Å². The summed E-state index contributed by atoms with van der Waals surface area (Å²) < 4.78 is 0. The minimum Gasteiger partial charge on any atom is -0.274 e. The van der Waals surface area contributed by atoms with Gasteiger partial charge in [0.2, 0.25) is 5.16 Å². The average molecular weight is 449 g/mol. The van der Waals surface area contributed by atoms with Crippen LogP contribution in [0.5, 0.6) is 0 Å². The number of H-pyrrole nitrogens is 1. The predicted octanol–water partition coefficient (Wildman–Crippen LogP) is 5.06. The number of carbonyl (C=O) groups is 2. The Labute approximate surface area is 187 Å². The second-order valence-corrected chi connectivity index (χ2v) is 8.65. The first kappa shape index (κ1) is 19.8. The van der Waals surface area contributed by atoms with Gasteiger partial charge in [0.25, 0.3) is 11.8 Å². The van der Waals surface area contributed by atoms with E-state index in [-0.39, 0.29) is 11.8 Å². The molecule has 0 spiro atoms. The fourth-order valence-corrected chi connectivity index (χ4v) is 4.57. The molecule has 4 aromatic rings. The first-order valence-electron chi connectivity index (χ1n) is 9.81. The van der Waals surface area contributed by atoms with E-state index in [0.29, 0.717) is 45.8 Å². The van der Waals surface area contributed by atoms with Crippen LogP contribution in [0.2, 0.25) is 5.02 Å². The lowest BCUT2D eigenvalue weighted by atomic mass is 9.94. The number of amides is 2. The zero-order valence-corrected chi connectivity index (χ0v) is 17.9. The third-order valence-electron chi connectivity index (χ3n) is 5.20. The average Bonchev–Trinajstić information content (AvgIpc) is 3.26. The van der Waals surface area contributed by atoms with E-state index in [1.807, 2.05) is 36.4 Å². The highest BCUT2D eigenvalue weighted by molar-refractivity contribution is 7.99. The lowest BCUT2D eigenvalue weighted by molar-refractivity contribution is 0.0611. The lowest BCUT2D eigenvalue weighted by Gasteiger charge is -2.27. The SMILES string of the molecule is O=C1c2cccc3cccc(c23)C(=O)N1CCCSc1n[nH]c(-c2ccc(Cl)cc2)n1. The van der Waals surface area contributed by atoms with Gasteiger partial charge in [0.1, 0.15) is 0 Å². The van der Waals surface area contributed by atoms with Crippen LogP contribution in [0, 0.1) is 0 Å². The van der Waals surface area contributed by atoms with Gasteiger partial charge in [-0.05, 0) is 48.2 Å². The van der Waals surface area contributed by atoms with Crippen molar-refractivity contribution in [3.05, 3.63) is 76.8 Å². The molecule has 0 unspecified atom stereocenters. The van der Waals surface area contributed by atoms with Gasteiger partial charge in [-0.1, -0.05) is 47.6 Å². The minimum atomic E-state index is -0.234. The molecular formula is C23H17ClN4O2S. The van der Waals surface area contributed by atoms with E-state index in [1.165, 1.54) is 16.7 Å². The highest BCUT2D eigenvalue weighted by atomic mass is 35.5. The van der Waals surface area contributed by atoms with Crippen molar-refractivity contribution in [2.24, 2.45) is 0 Å². The maximum Gasteiger partial charge on any atom is 0.261 e. The largest absolute Gasteiger partial charge is 0.274 e. The molecule has 1 aliphatic rings. The molecule has 5 rings (SSSR count). The number of hydrogen-bond donors (Lipinski definition) is 1. The molecule has 0 aliphatic carbocycles. The predicted molar refractivity (Wildman–Crippen MR) is 121 cm³/mol. The lowest BCUT2D eigenvalue weighted by Crippen LogP contribution is -2.41. The Balaban J connectivity index is 1.23. The van der Waals surface area contributed by atoms with Crippen LogP contribution in [-0.4, -0.2) is 44.2 Å². The van der Waals surface area contributed by atoms with Crippen LogP contribution in [0.3, 0.4) is 0 Å². The van der Waals surface area contributed by atoms with Crippen LogP contribution in [0.1, 0.15) is 27.1 Å². The molecule has 154 valence electrons. The van der Waals surface area contributed by atoms with Crippen molar-refractivity contribution >= 4 is 45.9 Å². The van der Waals surface area contributed by atoms with E-state index in [2.05, 4.69) is 15.2 Å². The van der Waals surface area contributed by atoms with E-state index in [9.17, 15) is 9.59 Å². The van der Waals surface area contributed by atoms with E-state index in [0.717, 1.165) is 16.3 Å². The molecular weight excluding hydrogens is 432 g/mol. The van der Waals surface area contributed by atoms with E-state index < -0.39 is 0 Å². The van der Waals surface area contributed by atoms with Gasteiger partial charge in [-0.25, -0.2) is 4.98 Å². The van der Waals surface area contributed by atoms with Crippen molar-refractivity contribution in [3.8, 4) is 11.4 Å². The van der Waals surface area contributed by atoms with Gasteiger partial charge < -0.3 is 0 Å². The maximum atomic E-state index is 12.9. The second kappa shape index (κ2) is 8.17. The molecule has 31 heavy (non-hydrogen) atoms. The molecule has 0 saturated carbocycles. The number of nitrogens with zero attached hydrogens (tertiary/aromatic N) is 3. The van der Waals surface area contributed by atoms with Gasteiger partial charge in [-0.15, -0.1) is 5.10 Å². The quantitative estimate of drug-likeness (QED) is 0.253. The van der Waals surface area contributed by atoms with Gasteiger partial charge in [-0.2, -0.15) is 0 Å². The Morgan fingerprint density at radius 1 is 0.935 bits per heavy atom. The third kappa shape index (κ3) is 3.71. The molecule has 1 aromatic heterocycles. The summed E-state index contributed by atoms with van der Waals surface area (Å²) in [5.74, 6) is 0.885. The topological polar surface area (TPSA) is 79.0 Å². The summed E-state index contributed by atoms with van der Waals surface area (Å²) in [6, 6.07) is 18.5. The summed E-state index contributed by atoms with van der Waals surface area (Å²) in [7, 11) is 0. The van der Waals surface area contributed by atoms with Gasteiger partial charge in [0, 0.05) is 39.4 Å². The number of carbonyl (C=O) groups excluding carboxylic acids is 2. The molecule has 0 saturated heterocycles. The zero-order chi connectivity index (χ0) is 21.4. The van der Waals surface area contributed by atoms with Crippen molar-refractivity contribution in [3.63, 3.8) is 0 Å². The molecule has 1 N–H and O–H groups in total. The summed E-state index contributed by atoms with van der Waals surface area (Å²) in [4.78, 5) is 31.7. The van der Waals surface area contributed by atoms with E-state index in [4.69, 9.17) is 11.6 Å². The smallest absolute Gasteiger partial charge is 0.261 e. The molecule has 6 nitrogen and oxygen atoms in total. The molecule has 3 aromatic carbocycles. The molecule has 2 amide bonds. The van der Waals surface area contributed by atoms with Gasteiger partial charge in [-0.3, -0.25) is 19.6 Å². The van der Waals surface area contributed by atoms with Crippen LogP contribution in [-0.2, 0) is 0 Å². The van der Waals surface area contributed by atoms with E-state index in [1.54, 1.807) is 24.3 Å². The summed E-state index contributed by atoms with van der Waals surface area (Å²) in [5.41, 5.74) is 2.07. The van der Waals surface area contributed by atoms with Crippen LogP contribution in [0.25, 0.3) is 22.2 Å². The van der Waals surface area contributed by atoms with Crippen LogP contribution >= 0.6 is 23.4 Å². The standard InChI is InChI=1S/C23H17ClN4O2S/c24-16-10-8-15(9-11-16)20-25-23(27-26-20)31-13-3-12-28-21(29)17-6-1-4-14-5-2-7-18(19(14)17)22(28)30/h1-2,4-11H,3,12-13H2,(H,25,26,27). The van der Waals surface area contributed by atoms with Crippen molar-refractivity contribution in [2.75, 3.05) is 12.3 Å². The van der Waals surface area contributed by atoms with Crippen molar-refractivity contribution in [1.29, 1.82) is 0 Å². The number of benzene rings is 3. The summed E-state index contributed by atoms with van der Waals surface area (Å²) in [5, 5.41) is 10.1. The molecule has 0 radical (unpaired) electrons. The number of thioether (sulfide) groups is 1. The molecule has 0 atom stereocenters. The first-order chi connectivity index (χ1) is 15.1. The molecule has 0 fully saturated rings. The Morgan fingerprint density at radius 2 is 1.61 bits per heavy atom. The van der Waals surface area contributed by atoms with Gasteiger partial charge in [0.15, 0.2) is 5.82 Å². The number of hydrogen-bond acceptors (Lipinski definition) is 5. The number of halogens is 1. The minimum absolute atomic E-state index is 0.234. The number of imide groups is 1.